The zero-order chi connectivity index (χ0) is 10.6. The summed E-state index contributed by atoms with van der Waals surface area (Å²) in [6.07, 6.45) is 1.34. The first-order valence-electron chi connectivity index (χ1n) is 3.60. The van der Waals surface area contributed by atoms with Gasteiger partial charge in [0.25, 0.3) is 0 Å². The highest BCUT2D eigenvalue weighted by Gasteiger charge is 2.12. The maximum Gasteiger partial charge on any atom is 0.236 e. The topological polar surface area (TPSA) is 53.2 Å². The molecular formula is C9H4BrClN2O. The average Bonchev–Trinajstić information content (AvgIpc) is 2.18. The Labute approximate surface area is 94.1 Å². The van der Waals surface area contributed by atoms with Crippen molar-refractivity contribution in [2.24, 2.45) is 4.99 Å². The minimum absolute atomic E-state index is 0.402. The van der Waals surface area contributed by atoms with Crippen molar-refractivity contribution in [2.45, 2.75) is 6.04 Å². The number of nitriles is 1. The molecule has 0 aliphatic rings. The van der Waals surface area contributed by atoms with Crippen LogP contribution >= 0.6 is 27.5 Å². The van der Waals surface area contributed by atoms with Crippen LogP contribution in [0.2, 0.25) is 5.02 Å². The van der Waals surface area contributed by atoms with E-state index in [9.17, 15) is 4.79 Å². The number of rotatable bonds is 2. The second-order valence-corrected chi connectivity index (χ2v) is 3.74. The van der Waals surface area contributed by atoms with Gasteiger partial charge < -0.3 is 0 Å². The first kappa shape index (κ1) is 10.9. The van der Waals surface area contributed by atoms with Crippen molar-refractivity contribution in [3.05, 3.63) is 33.3 Å². The summed E-state index contributed by atoms with van der Waals surface area (Å²) >= 11 is 9.08. The molecule has 0 radical (unpaired) electrons. The summed E-state index contributed by atoms with van der Waals surface area (Å²) in [5.74, 6) is 0. The number of halogens is 2. The summed E-state index contributed by atoms with van der Waals surface area (Å²) in [5, 5.41) is 9.13. The molecule has 1 aromatic rings. The highest BCUT2D eigenvalue weighted by Crippen LogP contribution is 2.27. The number of hydrogen-bond donors (Lipinski definition) is 0. The van der Waals surface area contributed by atoms with Crippen molar-refractivity contribution >= 4 is 33.6 Å². The Bertz CT molecular complexity index is 435. The van der Waals surface area contributed by atoms with Gasteiger partial charge in [-0.05, 0) is 18.2 Å². The molecule has 1 aromatic carbocycles. The van der Waals surface area contributed by atoms with Crippen LogP contribution in [0.4, 0.5) is 0 Å². The summed E-state index contributed by atoms with van der Waals surface area (Å²) in [5.41, 5.74) is 0.492. The lowest BCUT2D eigenvalue weighted by molar-refractivity contribution is 0.561. The van der Waals surface area contributed by atoms with Gasteiger partial charge in [0.1, 0.15) is 0 Å². The normalized spacial score (nSPS) is 11.2. The first-order valence-corrected chi connectivity index (χ1v) is 4.77. The van der Waals surface area contributed by atoms with Gasteiger partial charge in [0, 0.05) is 15.1 Å². The Kier molecular flexibility index (Phi) is 3.84. The molecule has 0 bridgehead atoms. The maximum atomic E-state index is 10.0. The van der Waals surface area contributed by atoms with Gasteiger partial charge in [-0.25, -0.2) is 4.79 Å². The number of aliphatic imine (C=N–C) groups is 1. The van der Waals surface area contributed by atoms with E-state index in [4.69, 9.17) is 16.9 Å². The second kappa shape index (κ2) is 4.92. The Morgan fingerprint density at radius 1 is 1.57 bits per heavy atom. The maximum absolute atomic E-state index is 10.0. The van der Waals surface area contributed by atoms with Gasteiger partial charge in [-0.3, -0.25) is 0 Å². The highest BCUT2D eigenvalue weighted by molar-refractivity contribution is 9.10. The minimum atomic E-state index is -0.891. The molecule has 3 nitrogen and oxygen atoms in total. The van der Waals surface area contributed by atoms with Crippen LogP contribution in [0.25, 0.3) is 0 Å². The van der Waals surface area contributed by atoms with E-state index in [0.29, 0.717) is 10.6 Å². The molecule has 1 rings (SSSR count). The monoisotopic (exact) mass is 270 g/mol. The zero-order valence-corrected chi connectivity index (χ0v) is 9.21. The van der Waals surface area contributed by atoms with Gasteiger partial charge in [0.15, 0.2) is 6.04 Å². The molecule has 0 aliphatic heterocycles. The van der Waals surface area contributed by atoms with Gasteiger partial charge in [0.2, 0.25) is 6.08 Å². The number of carbonyl (C=O) groups excluding carboxylic acids is 1. The Hall–Kier alpha value is -1.14. The molecule has 0 spiro atoms. The summed E-state index contributed by atoms with van der Waals surface area (Å²) in [6.45, 7) is 0. The molecule has 70 valence electrons. The van der Waals surface area contributed by atoms with Crippen molar-refractivity contribution in [1.29, 1.82) is 5.26 Å². The highest BCUT2D eigenvalue weighted by atomic mass is 79.9. The molecule has 0 saturated heterocycles. The van der Waals surface area contributed by atoms with E-state index in [0.717, 1.165) is 4.47 Å². The first-order chi connectivity index (χ1) is 6.69. The quantitative estimate of drug-likeness (QED) is 0.613. The third kappa shape index (κ3) is 2.43. The molecule has 0 aliphatic carbocycles. The van der Waals surface area contributed by atoms with Gasteiger partial charge in [-0.15, -0.1) is 0 Å². The fourth-order valence-electron chi connectivity index (χ4n) is 0.945. The minimum Gasteiger partial charge on any atom is -0.211 e. The van der Waals surface area contributed by atoms with Gasteiger partial charge in [-0.2, -0.15) is 10.3 Å². The van der Waals surface area contributed by atoms with Crippen molar-refractivity contribution in [3.63, 3.8) is 0 Å². The summed E-state index contributed by atoms with van der Waals surface area (Å²) in [6, 6.07) is 5.98. The number of hydrogen-bond acceptors (Lipinski definition) is 3. The van der Waals surface area contributed by atoms with Crippen LogP contribution < -0.4 is 0 Å². The van der Waals surface area contributed by atoms with E-state index in [-0.39, 0.29) is 0 Å². The van der Waals surface area contributed by atoms with Crippen molar-refractivity contribution in [2.75, 3.05) is 0 Å². The van der Waals surface area contributed by atoms with Gasteiger partial charge in [-0.1, -0.05) is 27.5 Å². The van der Waals surface area contributed by atoms with Crippen LogP contribution in [0, 0.1) is 11.3 Å². The van der Waals surface area contributed by atoms with E-state index in [1.807, 2.05) is 6.07 Å². The van der Waals surface area contributed by atoms with E-state index in [2.05, 4.69) is 20.9 Å². The van der Waals surface area contributed by atoms with Crippen molar-refractivity contribution in [1.82, 2.24) is 0 Å². The summed E-state index contributed by atoms with van der Waals surface area (Å²) in [4.78, 5) is 13.4. The van der Waals surface area contributed by atoms with Crippen LogP contribution in [-0.2, 0) is 4.79 Å². The number of nitrogens with zero attached hydrogens (tertiary/aromatic N) is 2. The molecule has 5 heteroatoms. The van der Waals surface area contributed by atoms with E-state index < -0.39 is 6.04 Å². The predicted molar refractivity (Wildman–Crippen MR) is 55.6 cm³/mol. The number of isocyanates is 1. The SMILES string of the molecule is N#CC(N=C=O)c1cc(Br)ccc1Cl. The lowest BCUT2D eigenvalue weighted by Crippen LogP contribution is -1.92. The largest absolute Gasteiger partial charge is 0.236 e. The van der Waals surface area contributed by atoms with Crippen LogP contribution in [-0.4, -0.2) is 6.08 Å². The van der Waals surface area contributed by atoms with Crippen LogP contribution in [0.3, 0.4) is 0 Å². The number of benzene rings is 1. The summed E-state index contributed by atoms with van der Waals surface area (Å²) in [7, 11) is 0. The molecule has 14 heavy (non-hydrogen) atoms. The third-order valence-corrected chi connectivity index (χ3v) is 2.39. The molecular weight excluding hydrogens is 267 g/mol. The van der Waals surface area contributed by atoms with Crippen LogP contribution in [0.15, 0.2) is 27.7 Å². The molecule has 0 heterocycles. The van der Waals surface area contributed by atoms with Crippen LogP contribution in [0.1, 0.15) is 11.6 Å². The molecule has 0 fully saturated rings. The predicted octanol–water partition coefficient (Wildman–Crippen LogP) is 3.00. The standard InChI is InChI=1S/C9H4BrClN2O/c10-6-1-2-8(11)7(3-6)9(4-12)13-5-14/h1-3,9H. The Morgan fingerprint density at radius 3 is 2.86 bits per heavy atom. The second-order valence-electron chi connectivity index (χ2n) is 2.42. The fourth-order valence-corrected chi connectivity index (χ4v) is 1.54. The zero-order valence-electron chi connectivity index (χ0n) is 6.87. The summed E-state index contributed by atoms with van der Waals surface area (Å²) < 4.78 is 0.776. The Morgan fingerprint density at radius 2 is 2.29 bits per heavy atom. The molecule has 0 N–H and O–H groups in total. The fraction of sp³-hybridized carbons (Fsp3) is 0.111. The van der Waals surface area contributed by atoms with Crippen molar-refractivity contribution < 1.29 is 4.79 Å². The lowest BCUT2D eigenvalue weighted by Gasteiger charge is -2.04. The Balaban J connectivity index is 3.23. The van der Waals surface area contributed by atoms with E-state index in [1.165, 1.54) is 6.08 Å². The van der Waals surface area contributed by atoms with Crippen molar-refractivity contribution in [3.8, 4) is 6.07 Å². The molecule has 0 saturated carbocycles. The van der Waals surface area contributed by atoms with Crippen LogP contribution in [0.5, 0.6) is 0 Å². The molecule has 0 aromatic heterocycles. The molecule has 1 atom stereocenters. The average molecular weight is 272 g/mol. The van der Waals surface area contributed by atoms with Gasteiger partial charge >= 0.3 is 0 Å². The third-order valence-electron chi connectivity index (χ3n) is 1.56. The lowest BCUT2D eigenvalue weighted by atomic mass is 10.1. The molecule has 1 unspecified atom stereocenters. The van der Waals surface area contributed by atoms with Gasteiger partial charge in [0.05, 0.1) is 6.07 Å². The smallest absolute Gasteiger partial charge is 0.211 e. The van der Waals surface area contributed by atoms with E-state index >= 15 is 0 Å². The molecule has 0 amide bonds. The van der Waals surface area contributed by atoms with E-state index in [1.54, 1.807) is 18.2 Å².